The van der Waals surface area contributed by atoms with Gasteiger partial charge in [-0.3, -0.25) is 0 Å². The van der Waals surface area contributed by atoms with Crippen molar-refractivity contribution in [1.82, 2.24) is 0 Å². The Bertz CT molecular complexity index is 283. The first-order chi connectivity index (χ1) is 7.08. The quantitative estimate of drug-likeness (QED) is 0.430. The molecule has 0 aliphatic carbocycles. The van der Waals surface area contributed by atoms with Crippen LogP contribution in [0.25, 0.3) is 0 Å². The van der Waals surface area contributed by atoms with Crippen LogP contribution in [0.15, 0.2) is 15.2 Å². The molecule has 0 radical (unpaired) electrons. The molecule has 6 heteroatoms. The summed E-state index contributed by atoms with van der Waals surface area (Å²) in [6.45, 7) is 3.74. The van der Waals surface area contributed by atoms with Crippen LogP contribution in [0.4, 0.5) is 0 Å². The van der Waals surface area contributed by atoms with Crippen molar-refractivity contribution in [3.05, 3.63) is 10.1 Å². The van der Waals surface area contributed by atoms with Crippen molar-refractivity contribution in [2.45, 2.75) is 20.3 Å². The summed E-state index contributed by atoms with van der Waals surface area (Å²) in [4.78, 5) is 16.0. The van der Waals surface area contributed by atoms with Crippen molar-refractivity contribution in [2.24, 2.45) is 5.16 Å². The van der Waals surface area contributed by atoms with Crippen molar-refractivity contribution in [3.8, 4) is 0 Å². The van der Waals surface area contributed by atoms with Gasteiger partial charge in [0.2, 0.25) is 0 Å². The fourth-order valence-corrected chi connectivity index (χ4v) is 1.34. The molecule has 0 aromatic rings. The summed E-state index contributed by atoms with van der Waals surface area (Å²) < 4.78 is 4.78. The van der Waals surface area contributed by atoms with Crippen LogP contribution < -0.4 is 0 Å². The molecule has 0 saturated heterocycles. The molecule has 0 bridgehead atoms. The Balaban J connectivity index is 5.06. The average molecular weight is 254 g/mol. The van der Waals surface area contributed by atoms with Crippen LogP contribution in [0.1, 0.15) is 20.3 Å². The standard InChI is InChI=1S/C9H13Cl2NO3/c1-4-6(8(10)11)7(12-14-3)9(13)15-5-2/h4-5H2,1-3H3/b12-7-. The SMILES string of the molecule is CCOC(=O)/C(=N\OC)C(CC)=C(Cl)Cl. The number of carbonyl (C=O) groups excluding carboxylic acids is 1. The van der Waals surface area contributed by atoms with Crippen LogP contribution in [0, 0.1) is 0 Å². The normalized spacial score (nSPS) is 10.9. The van der Waals surface area contributed by atoms with Crippen molar-refractivity contribution in [2.75, 3.05) is 13.7 Å². The molecule has 0 aliphatic rings. The van der Waals surface area contributed by atoms with E-state index in [0.717, 1.165) is 0 Å². The van der Waals surface area contributed by atoms with E-state index in [2.05, 4.69) is 9.99 Å². The molecule has 0 rings (SSSR count). The minimum atomic E-state index is -0.602. The van der Waals surface area contributed by atoms with Gasteiger partial charge in [0.05, 0.1) is 6.61 Å². The zero-order valence-electron chi connectivity index (χ0n) is 8.84. The van der Waals surface area contributed by atoms with Crippen LogP contribution in [-0.4, -0.2) is 25.4 Å². The zero-order valence-corrected chi connectivity index (χ0v) is 10.4. The summed E-state index contributed by atoms with van der Waals surface area (Å²) in [6.07, 6.45) is 0.462. The summed E-state index contributed by atoms with van der Waals surface area (Å²) in [7, 11) is 1.33. The first kappa shape index (κ1) is 14.3. The second-order valence-electron chi connectivity index (χ2n) is 2.44. The van der Waals surface area contributed by atoms with Crippen molar-refractivity contribution < 1.29 is 14.4 Å². The fourth-order valence-electron chi connectivity index (χ4n) is 0.897. The van der Waals surface area contributed by atoms with Crippen LogP contribution in [0.2, 0.25) is 0 Å². The maximum absolute atomic E-state index is 11.5. The lowest BCUT2D eigenvalue weighted by atomic mass is 10.1. The smallest absolute Gasteiger partial charge is 0.360 e. The van der Waals surface area contributed by atoms with Gasteiger partial charge in [-0.2, -0.15) is 0 Å². The third-order valence-electron chi connectivity index (χ3n) is 1.52. The largest absolute Gasteiger partial charge is 0.461 e. The van der Waals surface area contributed by atoms with Gasteiger partial charge in [-0.25, -0.2) is 4.79 Å². The molecule has 0 aliphatic heterocycles. The summed E-state index contributed by atoms with van der Waals surface area (Å²) in [6, 6.07) is 0. The Morgan fingerprint density at radius 2 is 1.93 bits per heavy atom. The van der Waals surface area contributed by atoms with Gasteiger partial charge in [0, 0.05) is 5.57 Å². The first-order valence-electron chi connectivity index (χ1n) is 4.41. The van der Waals surface area contributed by atoms with Gasteiger partial charge >= 0.3 is 5.97 Å². The van der Waals surface area contributed by atoms with Gasteiger partial charge in [0.1, 0.15) is 11.6 Å². The van der Waals surface area contributed by atoms with Gasteiger partial charge in [-0.05, 0) is 13.3 Å². The Labute approximate surface area is 98.8 Å². The fraction of sp³-hybridized carbons (Fsp3) is 0.556. The summed E-state index contributed by atoms with van der Waals surface area (Å²) in [5, 5.41) is 3.55. The average Bonchev–Trinajstić information content (AvgIpc) is 2.17. The van der Waals surface area contributed by atoms with E-state index in [1.807, 2.05) is 0 Å². The van der Waals surface area contributed by atoms with Crippen LogP contribution >= 0.6 is 23.2 Å². The van der Waals surface area contributed by atoms with E-state index in [-0.39, 0.29) is 16.8 Å². The molecule has 0 amide bonds. The van der Waals surface area contributed by atoms with E-state index in [9.17, 15) is 4.79 Å². The Morgan fingerprint density at radius 3 is 2.27 bits per heavy atom. The highest BCUT2D eigenvalue weighted by Crippen LogP contribution is 2.19. The van der Waals surface area contributed by atoms with Gasteiger partial charge in [-0.1, -0.05) is 35.3 Å². The molecular formula is C9H13Cl2NO3. The lowest BCUT2D eigenvalue weighted by Gasteiger charge is -2.07. The molecule has 0 aromatic heterocycles. The number of hydrogen-bond acceptors (Lipinski definition) is 4. The molecule has 0 fully saturated rings. The van der Waals surface area contributed by atoms with Gasteiger partial charge in [0.25, 0.3) is 0 Å². The highest BCUT2D eigenvalue weighted by atomic mass is 35.5. The molecule has 15 heavy (non-hydrogen) atoms. The van der Waals surface area contributed by atoms with E-state index < -0.39 is 5.97 Å². The predicted octanol–water partition coefficient (Wildman–Crippen LogP) is 2.65. The highest BCUT2D eigenvalue weighted by molar-refractivity contribution is 6.59. The van der Waals surface area contributed by atoms with Gasteiger partial charge in [-0.15, -0.1) is 0 Å². The topological polar surface area (TPSA) is 47.9 Å². The van der Waals surface area contributed by atoms with Crippen molar-refractivity contribution in [3.63, 3.8) is 0 Å². The van der Waals surface area contributed by atoms with E-state index >= 15 is 0 Å². The summed E-state index contributed by atoms with van der Waals surface area (Å²) in [5.74, 6) is -0.602. The predicted molar refractivity (Wildman–Crippen MR) is 60.1 cm³/mol. The summed E-state index contributed by atoms with van der Waals surface area (Å²) in [5.41, 5.74) is 0.403. The number of rotatable bonds is 5. The first-order valence-corrected chi connectivity index (χ1v) is 5.16. The number of ether oxygens (including phenoxy) is 1. The summed E-state index contributed by atoms with van der Waals surface area (Å²) >= 11 is 11.2. The molecule has 0 unspecified atom stereocenters. The lowest BCUT2D eigenvalue weighted by molar-refractivity contribution is -0.135. The second-order valence-corrected chi connectivity index (χ2v) is 3.38. The Kier molecular flexibility index (Phi) is 7.17. The van der Waals surface area contributed by atoms with Crippen molar-refractivity contribution >= 4 is 34.9 Å². The molecule has 0 N–H and O–H groups in total. The number of nitrogens with zero attached hydrogens (tertiary/aromatic N) is 1. The molecule has 4 nitrogen and oxygen atoms in total. The monoisotopic (exact) mass is 253 g/mol. The van der Waals surface area contributed by atoms with Crippen LogP contribution in [0.5, 0.6) is 0 Å². The number of carbonyl (C=O) groups is 1. The maximum Gasteiger partial charge on any atom is 0.360 e. The molecule has 86 valence electrons. The second kappa shape index (κ2) is 7.54. The molecule has 0 heterocycles. The third-order valence-corrected chi connectivity index (χ3v) is 1.98. The Morgan fingerprint density at radius 1 is 1.33 bits per heavy atom. The van der Waals surface area contributed by atoms with E-state index in [1.165, 1.54) is 7.11 Å². The lowest BCUT2D eigenvalue weighted by Crippen LogP contribution is -2.20. The van der Waals surface area contributed by atoms with Gasteiger partial charge in [0.15, 0.2) is 5.71 Å². The van der Waals surface area contributed by atoms with E-state index in [0.29, 0.717) is 12.0 Å². The molecular weight excluding hydrogens is 241 g/mol. The van der Waals surface area contributed by atoms with Crippen LogP contribution in [0.3, 0.4) is 0 Å². The van der Waals surface area contributed by atoms with E-state index in [1.54, 1.807) is 13.8 Å². The number of esters is 1. The van der Waals surface area contributed by atoms with Crippen LogP contribution in [-0.2, 0) is 14.4 Å². The molecule has 0 atom stereocenters. The number of hydrogen-bond donors (Lipinski definition) is 0. The molecule has 0 spiro atoms. The number of halogens is 2. The minimum Gasteiger partial charge on any atom is -0.461 e. The number of oxime groups is 1. The van der Waals surface area contributed by atoms with Gasteiger partial charge < -0.3 is 9.57 Å². The molecule has 0 aromatic carbocycles. The third kappa shape index (κ3) is 4.53. The minimum absolute atomic E-state index is 0.00171. The zero-order chi connectivity index (χ0) is 11.8. The van der Waals surface area contributed by atoms with E-state index in [4.69, 9.17) is 27.9 Å². The Hall–Kier alpha value is -0.740. The molecule has 0 saturated carbocycles. The maximum atomic E-state index is 11.5. The van der Waals surface area contributed by atoms with Crippen molar-refractivity contribution in [1.29, 1.82) is 0 Å². The highest BCUT2D eigenvalue weighted by Gasteiger charge is 2.20.